The second-order valence-electron chi connectivity index (χ2n) is 15.1. The first-order valence-corrected chi connectivity index (χ1v) is 19.5. The van der Waals surface area contributed by atoms with Gasteiger partial charge < -0.3 is 0 Å². The molecule has 11 aromatic carbocycles. The van der Waals surface area contributed by atoms with E-state index in [1.165, 1.54) is 121 Å². The lowest BCUT2D eigenvalue weighted by atomic mass is 9.79. The zero-order valence-electron chi connectivity index (χ0n) is 30.6. The van der Waals surface area contributed by atoms with E-state index in [9.17, 15) is 0 Å². The van der Waals surface area contributed by atoms with Crippen LogP contribution in [0.2, 0.25) is 0 Å². The van der Waals surface area contributed by atoms with E-state index in [1.54, 1.807) is 0 Å². The normalized spacial score (nSPS) is 11.9. The van der Waals surface area contributed by atoms with Crippen LogP contribution in [-0.2, 0) is 0 Å². The van der Waals surface area contributed by atoms with Crippen LogP contribution in [0.4, 0.5) is 0 Å². The molecule has 0 radical (unpaired) electrons. The van der Waals surface area contributed by atoms with Crippen LogP contribution in [0.1, 0.15) is 0 Å². The van der Waals surface area contributed by atoms with Gasteiger partial charge in [-0.1, -0.05) is 194 Å². The van der Waals surface area contributed by atoms with Crippen molar-refractivity contribution in [3.05, 3.63) is 206 Å². The Kier molecular flexibility index (Phi) is 6.73. The van der Waals surface area contributed by atoms with Gasteiger partial charge in [0.2, 0.25) is 0 Å². The molecule has 1 aliphatic rings. The van der Waals surface area contributed by atoms with Crippen LogP contribution in [0.25, 0.3) is 121 Å². The molecule has 1 aliphatic carbocycles. The van der Waals surface area contributed by atoms with E-state index in [4.69, 9.17) is 0 Å². The van der Waals surface area contributed by atoms with Gasteiger partial charge >= 0.3 is 0 Å². The molecule has 0 aliphatic heterocycles. The Morgan fingerprint density at radius 1 is 0.161 bits per heavy atom. The maximum Gasteiger partial charge on any atom is -0.00261 e. The maximum atomic E-state index is 2.46. The lowest BCUT2D eigenvalue weighted by Gasteiger charge is -2.24. The molecule has 0 heterocycles. The third-order valence-corrected chi connectivity index (χ3v) is 12.2. The predicted octanol–water partition coefficient (Wildman–Crippen LogP) is 15.8. The highest BCUT2D eigenvalue weighted by molar-refractivity contribution is 6.27. The zero-order valence-corrected chi connectivity index (χ0v) is 30.6. The third-order valence-electron chi connectivity index (χ3n) is 12.2. The highest BCUT2D eigenvalue weighted by Crippen LogP contribution is 2.50. The molecular formula is C56H34. The smallest absolute Gasteiger partial charge is 0.00261 e. The fraction of sp³-hybridized carbons (Fsp3) is 0. The minimum absolute atomic E-state index is 1.22. The van der Waals surface area contributed by atoms with Gasteiger partial charge in [-0.25, -0.2) is 0 Å². The lowest BCUT2D eigenvalue weighted by molar-refractivity contribution is 1.52. The Morgan fingerprint density at radius 3 is 0.839 bits per heavy atom. The van der Waals surface area contributed by atoms with Crippen LogP contribution in [-0.4, -0.2) is 0 Å². The van der Waals surface area contributed by atoms with Crippen molar-refractivity contribution in [2.75, 3.05) is 0 Å². The van der Waals surface area contributed by atoms with Crippen molar-refractivity contribution < 1.29 is 0 Å². The van der Waals surface area contributed by atoms with Crippen LogP contribution in [0.3, 0.4) is 0 Å². The molecule has 0 heteroatoms. The molecule has 0 saturated carbocycles. The molecule has 258 valence electrons. The summed E-state index contributed by atoms with van der Waals surface area (Å²) in [7, 11) is 0. The molecule has 11 aromatic rings. The molecule has 0 atom stereocenters. The van der Waals surface area contributed by atoms with Crippen LogP contribution < -0.4 is 0 Å². The van der Waals surface area contributed by atoms with Gasteiger partial charge in [-0.3, -0.25) is 0 Å². The molecule has 12 rings (SSSR count). The van der Waals surface area contributed by atoms with Gasteiger partial charge in [-0.15, -0.1) is 0 Å². The molecule has 0 fully saturated rings. The van der Waals surface area contributed by atoms with Crippen molar-refractivity contribution in [1.82, 2.24) is 0 Å². The molecule has 0 N–H and O–H groups in total. The van der Waals surface area contributed by atoms with E-state index in [-0.39, 0.29) is 0 Å². The molecule has 0 nitrogen and oxygen atoms in total. The van der Waals surface area contributed by atoms with Gasteiger partial charge in [0.1, 0.15) is 0 Å². The van der Waals surface area contributed by atoms with E-state index < -0.39 is 0 Å². The topological polar surface area (TPSA) is 0 Å². The van der Waals surface area contributed by atoms with Gasteiger partial charge in [0.15, 0.2) is 0 Å². The molecule has 0 saturated heterocycles. The molecule has 56 heavy (non-hydrogen) atoms. The number of rotatable bonds is 2. The van der Waals surface area contributed by atoms with E-state index in [0.717, 1.165) is 0 Å². The van der Waals surface area contributed by atoms with E-state index in [1.807, 2.05) is 0 Å². The molecule has 0 spiro atoms. The van der Waals surface area contributed by atoms with Crippen molar-refractivity contribution in [2.45, 2.75) is 0 Å². The summed E-state index contributed by atoms with van der Waals surface area (Å²) >= 11 is 0. The molecule has 0 bridgehead atoms. The molecule has 0 amide bonds. The lowest BCUT2D eigenvalue weighted by Crippen LogP contribution is -1.97. The SMILES string of the molecule is c1ccc2c(c1)-c1ccccc1-c1ccc(-c3c4ccccc4c(-c4ccc5c6ccccc6c6ccccc6c5c4)c4ccccc34)cc1-c1ccccc1-2. The third kappa shape index (κ3) is 4.48. The Bertz CT molecular complexity index is 3320. The van der Waals surface area contributed by atoms with Gasteiger partial charge in [0.25, 0.3) is 0 Å². The summed E-state index contributed by atoms with van der Waals surface area (Å²) in [6.07, 6.45) is 0. The molecule has 0 aromatic heterocycles. The summed E-state index contributed by atoms with van der Waals surface area (Å²) in [5, 5.41) is 12.8. The quantitative estimate of drug-likeness (QED) is 0.124. The van der Waals surface area contributed by atoms with Crippen molar-refractivity contribution in [2.24, 2.45) is 0 Å². The van der Waals surface area contributed by atoms with Gasteiger partial charge in [-0.05, 0) is 133 Å². The summed E-state index contributed by atoms with van der Waals surface area (Å²) in [5.41, 5.74) is 15.1. The van der Waals surface area contributed by atoms with Crippen LogP contribution >= 0.6 is 0 Å². The van der Waals surface area contributed by atoms with Crippen LogP contribution in [0.5, 0.6) is 0 Å². The largest absolute Gasteiger partial charge is 0.0616 e. The highest BCUT2D eigenvalue weighted by Gasteiger charge is 2.24. The van der Waals surface area contributed by atoms with Gasteiger partial charge in [0.05, 0.1) is 0 Å². The van der Waals surface area contributed by atoms with E-state index in [2.05, 4.69) is 206 Å². The van der Waals surface area contributed by atoms with Crippen molar-refractivity contribution >= 4 is 53.9 Å². The number of fused-ring (bicyclic) bond motifs is 16. The molecular weight excluding hydrogens is 673 g/mol. The average Bonchev–Trinajstić information content (AvgIpc) is 3.27. The highest BCUT2D eigenvalue weighted by atomic mass is 14.3. The fourth-order valence-corrected chi connectivity index (χ4v) is 9.83. The monoisotopic (exact) mass is 706 g/mol. The maximum absolute atomic E-state index is 2.46. The fourth-order valence-electron chi connectivity index (χ4n) is 9.83. The van der Waals surface area contributed by atoms with E-state index in [0.29, 0.717) is 0 Å². The summed E-state index contributed by atoms with van der Waals surface area (Å²) in [5.74, 6) is 0. The first-order chi connectivity index (χ1) is 27.8. The minimum atomic E-state index is 1.22. The average molecular weight is 707 g/mol. The first-order valence-electron chi connectivity index (χ1n) is 19.5. The molecule has 0 unspecified atom stereocenters. The van der Waals surface area contributed by atoms with Crippen LogP contribution in [0.15, 0.2) is 206 Å². The Hall–Kier alpha value is -7.28. The van der Waals surface area contributed by atoms with Crippen molar-refractivity contribution in [1.29, 1.82) is 0 Å². The Balaban J connectivity index is 1.14. The first kappa shape index (κ1) is 31.1. The summed E-state index contributed by atoms with van der Waals surface area (Å²) in [6.45, 7) is 0. The van der Waals surface area contributed by atoms with Gasteiger partial charge in [-0.2, -0.15) is 0 Å². The summed E-state index contributed by atoms with van der Waals surface area (Å²) < 4.78 is 0. The minimum Gasteiger partial charge on any atom is -0.0616 e. The second kappa shape index (κ2) is 12.1. The standard InChI is InChI=1S/C56H34/c1-2-16-38-37(15-1)39-17-3-5-21-43(39)47-31-29-35(33-53(47)45-23-9-7-19-41(38)45)55-49-25-11-13-27-51(49)56(52-28-14-12-26-50(52)55)36-30-32-48-44-22-6-4-18-40(44)42-20-8-10-24-46(42)54(48)34-36/h1-34H. The Morgan fingerprint density at radius 2 is 0.429 bits per heavy atom. The number of benzene rings is 11. The van der Waals surface area contributed by atoms with Crippen molar-refractivity contribution in [3.8, 4) is 66.8 Å². The predicted molar refractivity (Wildman–Crippen MR) is 240 cm³/mol. The Labute approximate surface area is 325 Å². The zero-order chi connectivity index (χ0) is 36.7. The van der Waals surface area contributed by atoms with Crippen molar-refractivity contribution in [3.63, 3.8) is 0 Å². The van der Waals surface area contributed by atoms with Gasteiger partial charge in [0, 0.05) is 0 Å². The van der Waals surface area contributed by atoms with Crippen LogP contribution in [0, 0.1) is 0 Å². The number of hydrogen-bond acceptors (Lipinski definition) is 0. The van der Waals surface area contributed by atoms with E-state index >= 15 is 0 Å². The summed E-state index contributed by atoms with van der Waals surface area (Å²) in [4.78, 5) is 0. The number of hydrogen-bond donors (Lipinski definition) is 0. The second-order valence-corrected chi connectivity index (χ2v) is 15.1. The summed E-state index contributed by atoms with van der Waals surface area (Å²) in [6, 6.07) is 76.8.